The quantitative estimate of drug-likeness (QED) is 0.729. The van der Waals surface area contributed by atoms with Crippen molar-refractivity contribution >= 4 is 17.5 Å². The van der Waals surface area contributed by atoms with E-state index in [-0.39, 0.29) is 13.1 Å². The molecule has 0 aromatic heterocycles. The zero-order valence-corrected chi connectivity index (χ0v) is 19.2. The van der Waals surface area contributed by atoms with Crippen molar-refractivity contribution in [2.24, 2.45) is 10.4 Å². The highest BCUT2D eigenvalue weighted by atomic mass is 16.2. The smallest absolute Gasteiger partial charge is 0.261 e. The zero-order valence-electron chi connectivity index (χ0n) is 19.2. The zero-order chi connectivity index (χ0) is 22.0. The predicted molar refractivity (Wildman–Crippen MR) is 121 cm³/mol. The lowest BCUT2D eigenvalue weighted by molar-refractivity contribution is -0.134. The fraction of sp³-hybridized carbons (Fsp3) is 0.542. The van der Waals surface area contributed by atoms with Crippen LogP contribution in [0.15, 0.2) is 41.0 Å². The second-order valence-electron chi connectivity index (χ2n) is 7.84. The van der Waals surface area contributed by atoms with Crippen molar-refractivity contribution in [2.75, 3.05) is 20.1 Å². The van der Waals surface area contributed by atoms with Gasteiger partial charge in [0.25, 0.3) is 5.91 Å². The molecule has 0 aliphatic carbocycles. The molecule has 2 heterocycles. The Morgan fingerprint density at radius 1 is 1.24 bits per heavy atom. The molecule has 2 aliphatic rings. The summed E-state index contributed by atoms with van der Waals surface area (Å²) in [5, 5.41) is 0. The number of benzene rings is 1. The molecule has 2 aliphatic heterocycles. The number of aliphatic imine (C=N–C) groups is 1. The maximum absolute atomic E-state index is 13.6. The van der Waals surface area contributed by atoms with E-state index in [1.807, 2.05) is 71.9 Å². The van der Waals surface area contributed by atoms with E-state index < -0.39 is 11.0 Å². The van der Waals surface area contributed by atoms with Gasteiger partial charge in [-0.05, 0) is 32.4 Å². The van der Waals surface area contributed by atoms with Gasteiger partial charge in [0.05, 0.1) is 5.70 Å². The van der Waals surface area contributed by atoms with Crippen LogP contribution < -0.4 is 0 Å². The Morgan fingerprint density at radius 3 is 2.38 bits per heavy atom. The molecule has 3 rings (SSSR count). The van der Waals surface area contributed by atoms with Crippen LogP contribution in [0.4, 0.5) is 0 Å². The van der Waals surface area contributed by atoms with Crippen LogP contribution in [0.5, 0.6) is 0 Å². The van der Waals surface area contributed by atoms with E-state index in [0.717, 1.165) is 17.7 Å². The number of allylic oxidation sites excluding steroid dienone is 1. The lowest BCUT2D eigenvalue weighted by atomic mass is 9.67. The topological polar surface area (TPSA) is 53.0 Å². The lowest BCUT2D eigenvalue weighted by Crippen LogP contribution is -2.51. The average molecular weight is 400 g/mol. The molecule has 0 radical (unpaired) electrons. The number of amides is 1. The van der Waals surface area contributed by atoms with Gasteiger partial charge >= 0.3 is 0 Å². The molecule has 1 aromatic rings. The number of carbonyl (C=O) groups excluding carboxylic acids is 2. The SMILES string of the molecule is CC.CCC(=O)C1=CC(C)(C2(c3cccc(C)c3)N=C(C)N(C)C2=O)CN1CC.[HH]. The van der Waals surface area contributed by atoms with Gasteiger partial charge in [0.1, 0.15) is 5.84 Å². The summed E-state index contributed by atoms with van der Waals surface area (Å²) in [7, 11) is 1.77. The lowest BCUT2D eigenvalue weighted by Gasteiger charge is -2.40. The molecule has 1 aromatic carbocycles. The molecule has 5 heteroatoms. The number of hydrogen-bond acceptors (Lipinski definition) is 4. The Hall–Kier alpha value is -2.43. The van der Waals surface area contributed by atoms with E-state index in [1.165, 1.54) is 0 Å². The van der Waals surface area contributed by atoms with Crippen molar-refractivity contribution in [3.63, 3.8) is 0 Å². The number of carbonyl (C=O) groups is 2. The Labute approximate surface area is 177 Å². The highest BCUT2D eigenvalue weighted by molar-refractivity contribution is 6.08. The summed E-state index contributed by atoms with van der Waals surface area (Å²) in [5.74, 6) is 0.777. The Kier molecular flexibility index (Phi) is 6.71. The number of Topliss-reactive ketones (excluding diaryl/α,β-unsaturated/α-hetero) is 1. The molecule has 29 heavy (non-hydrogen) atoms. The van der Waals surface area contributed by atoms with Crippen molar-refractivity contribution in [2.45, 2.75) is 60.4 Å². The van der Waals surface area contributed by atoms with Crippen molar-refractivity contribution in [3.8, 4) is 0 Å². The van der Waals surface area contributed by atoms with Crippen LogP contribution in [0.3, 0.4) is 0 Å². The second-order valence-corrected chi connectivity index (χ2v) is 7.84. The van der Waals surface area contributed by atoms with Gasteiger partial charge < -0.3 is 9.80 Å². The number of amidine groups is 1. The van der Waals surface area contributed by atoms with Crippen molar-refractivity contribution in [1.82, 2.24) is 9.80 Å². The molecule has 0 fully saturated rings. The van der Waals surface area contributed by atoms with E-state index in [4.69, 9.17) is 4.99 Å². The third-order valence-electron chi connectivity index (χ3n) is 6.00. The first-order valence-electron chi connectivity index (χ1n) is 10.6. The highest BCUT2D eigenvalue weighted by Crippen LogP contribution is 2.52. The molecule has 0 bridgehead atoms. The molecule has 2 atom stereocenters. The molecule has 0 N–H and O–H groups in total. The summed E-state index contributed by atoms with van der Waals surface area (Å²) < 4.78 is 0. The number of ketones is 1. The van der Waals surface area contributed by atoms with E-state index in [1.54, 1.807) is 11.9 Å². The molecule has 0 spiro atoms. The van der Waals surface area contributed by atoms with Crippen LogP contribution in [0.1, 0.15) is 60.5 Å². The Bertz CT molecular complexity index is 864. The molecule has 2 unspecified atom stereocenters. The summed E-state index contributed by atoms with van der Waals surface area (Å²) in [5.41, 5.74) is 1.02. The standard InChI is InChI=1S/C22H29N3O2.C2H6.H2/c1-7-19(26)18-13-21(5,14-25(18)8-2)22(17-11-9-10-15(3)12-17)20(27)24(6)16(4)23-22;1-2;/h9-13H,7-8,14H2,1-6H3;1-2H3;1H. The maximum Gasteiger partial charge on any atom is 0.261 e. The molecule has 1 amide bonds. The Balaban J connectivity index is 0.00000146. The van der Waals surface area contributed by atoms with Crippen LogP contribution in [0, 0.1) is 12.3 Å². The molecule has 5 nitrogen and oxygen atoms in total. The number of hydrogen-bond donors (Lipinski definition) is 0. The van der Waals surface area contributed by atoms with E-state index in [0.29, 0.717) is 24.5 Å². The number of likely N-dealkylation sites (N-methyl/N-ethyl adjacent to an activating group) is 2. The summed E-state index contributed by atoms with van der Waals surface area (Å²) in [4.78, 5) is 34.8. The third-order valence-corrected chi connectivity index (χ3v) is 6.00. The summed E-state index contributed by atoms with van der Waals surface area (Å²) in [6.45, 7) is 15.2. The first-order valence-corrected chi connectivity index (χ1v) is 10.6. The van der Waals surface area contributed by atoms with Gasteiger partial charge in [0.2, 0.25) is 0 Å². The minimum absolute atomic E-state index is 0. The van der Waals surface area contributed by atoms with Crippen LogP contribution in [-0.2, 0) is 15.1 Å². The van der Waals surface area contributed by atoms with Gasteiger partial charge in [-0.3, -0.25) is 9.59 Å². The predicted octanol–water partition coefficient (Wildman–Crippen LogP) is 4.56. The third kappa shape index (κ3) is 3.52. The van der Waals surface area contributed by atoms with Gasteiger partial charge in [-0.25, -0.2) is 4.99 Å². The molecule has 0 saturated carbocycles. The van der Waals surface area contributed by atoms with Crippen LogP contribution in [0.2, 0.25) is 0 Å². The molecule has 0 saturated heterocycles. The van der Waals surface area contributed by atoms with Gasteiger partial charge in [-0.2, -0.15) is 0 Å². The van der Waals surface area contributed by atoms with E-state index in [9.17, 15) is 9.59 Å². The average Bonchev–Trinajstić information content (AvgIpc) is 3.20. The normalized spacial score (nSPS) is 26.1. The van der Waals surface area contributed by atoms with Crippen LogP contribution in [-0.4, -0.2) is 47.5 Å². The minimum Gasteiger partial charge on any atom is -0.368 e. The summed E-state index contributed by atoms with van der Waals surface area (Å²) in [6.07, 6.45) is 2.45. The van der Waals surface area contributed by atoms with Gasteiger partial charge in [-0.15, -0.1) is 0 Å². The van der Waals surface area contributed by atoms with Gasteiger partial charge in [0, 0.05) is 33.4 Å². The van der Waals surface area contributed by atoms with Crippen LogP contribution >= 0.6 is 0 Å². The van der Waals surface area contributed by atoms with Crippen molar-refractivity contribution < 1.29 is 11.0 Å². The van der Waals surface area contributed by atoms with E-state index in [2.05, 4.69) is 11.8 Å². The fourth-order valence-electron chi connectivity index (χ4n) is 4.37. The number of rotatable bonds is 5. The number of nitrogens with zero attached hydrogens (tertiary/aromatic N) is 3. The number of aryl methyl sites for hydroxylation is 1. The first-order chi connectivity index (χ1) is 13.7. The molecular formula is C24H37N3O2. The highest BCUT2D eigenvalue weighted by Gasteiger charge is 2.61. The molecular weight excluding hydrogens is 362 g/mol. The molecule has 160 valence electrons. The largest absolute Gasteiger partial charge is 0.368 e. The van der Waals surface area contributed by atoms with Crippen molar-refractivity contribution in [3.05, 3.63) is 47.2 Å². The van der Waals surface area contributed by atoms with Crippen LogP contribution in [0.25, 0.3) is 0 Å². The summed E-state index contributed by atoms with van der Waals surface area (Å²) >= 11 is 0. The monoisotopic (exact) mass is 399 g/mol. The van der Waals surface area contributed by atoms with Gasteiger partial charge in [-0.1, -0.05) is 57.5 Å². The van der Waals surface area contributed by atoms with E-state index >= 15 is 0 Å². The first kappa shape index (κ1) is 22.9. The second kappa shape index (κ2) is 8.52. The maximum atomic E-state index is 13.6. The fourth-order valence-corrected chi connectivity index (χ4v) is 4.37. The Morgan fingerprint density at radius 2 is 1.90 bits per heavy atom. The van der Waals surface area contributed by atoms with Crippen molar-refractivity contribution in [1.29, 1.82) is 0 Å². The van der Waals surface area contributed by atoms with Gasteiger partial charge in [0.15, 0.2) is 11.3 Å². The minimum atomic E-state index is -1.05. The summed E-state index contributed by atoms with van der Waals surface area (Å²) in [6, 6.07) is 8.02.